The fourth-order valence-corrected chi connectivity index (χ4v) is 4.22. The molecule has 3 aromatic rings. The van der Waals surface area contributed by atoms with Crippen LogP contribution >= 0.6 is 0 Å². The van der Waals surface area contributed by atoms with Crippen LogP contribution in [-0.4, -0.2) is 40.3 Å². The second-order valence-electron chi connectivity index (χ2n) is 6.95. The fourth-order valence-electron chi connectivity index (χ4n) is 3.24. The molecule has 6 nitrogen and oxygen atoms in total. The van der Waals surface area contributed by atoms with Crippen molar-refractivity contribution in [2.45, 2.75) is 12.8 Å². The quantitative estimate of drug-likeness (QED) is 0.503. The summed E-state index contributed by atoms with van der Waals surface area (Å²) in [5.74, 6) is 0.628. The summed E-state index contributed by atoms with van der Waals surface area (Å²) in [4.78, 5) is 12.1. The van der Waals surface area contributed by atoms with Crippen molar-refractivity contribution in [2.24, 2.45) is 0 Å². The molecule has 3 aromatic carbocycles. The molecule has 0 aliphatic rings. The number of amides is 1. The van der Waals surface area contributed by atoms with Gasteiger partial charge in [0.2, 0.25) is 15.9 Å². The van der Waals surface area contributed by atoms with E-state index in [4.69, 9.17) is 4.74 Å². The number of carbonyl (C=O) groups excluding carboxylic acids is 1. The third-order valence-electron chi connectivity index (χ3n) is 4.64. The molecule has 0 saturated heterocycles. The minimum atomic E-state index is -3.48. The minimum Gasteiger partial charge on any atom is -0.492 e. The molecular formula is C23H26N2O4S. The molecule has 0 saturated carbocycles. The predicted octanol–water partition coefficient (Wildman–Crippen LogP) is 3.58. The van der Waals surface area contributed by atoms with E-state index in [1.54, 1.807) is 6.07 Å². The molecule has 0 atom stereocenters. The molecule has 0 heterocycles. The molecule has 30 heavy (non-hydrogen) atoms. The molecule has 0 spiro atoms. The van der Waals surface area contributed by atoms with Gasteiger partial charge < -0.3 is 10.1 Å². The maximum Gasteiger partial charge on any atom is 0.232 e. The van der Waals surface area contributed by atoms with E-state index < -0.39 is 10.0 Å². The Labute approximate surface area is 177 Å². The van der Waals surface area contributed by atoms with Crippen LogP contribution in [0.25, 0.3) is 10.8 Å². The van der Waals surface area contributed by atoms with E-state index in [0.29, 0.717) is 25.3 Å². The van der Waals surface area contributed by atoms with Crippen LogP contribution in [0, 0.1) is 0 Å². The Balaban J connectivity index is 1.52. The summed E-state index contributed by atoms with van der Waals surface area (Å²) < 4.78 is 31.7. The summed E-state index contributed by atoms with van der Waals surface area (Å²) in [7, 11) is -3.48. The highest BCUT2D eigenvalue weighted by Gasteiger charge is 2.19. The Kier molecular flexibility index (Phi) is 7.30. The summed E-state index contributed by atoms with van der Waals surface area (Å²) in [6, 6.07) is 22.6. The van der Waals surface area contributed by atoms with Gasteiger partial charge >= 0.3 is 0 Å². The van der Waals surface area contributed by atoms with E-state index in [1.165, 1.54) is 10.6 Å². The number of nitrogens with one attached hydrogen (secondary N) is 1. The Morgan fingerprint density at radius 3 is 2.43 bits per heavy atom. The summed E-state index contributed by atoms with van der Waals surface area (Å²) in [6.07, 6.45) is 1.85. The van der Waals surface area contributed by atoms with Gasteiger partial charge in [-0.05, 0) is 30.0 Å². The molecular weight excluding hydrogens is 400 g/mol. The fraction of sp³-hybridized carbons (Fsp3) is 0.261. The first-order valence-corrected chi connectivity index (χ1v) is 11.7. The van der Waals surface area contributed by atoms with Gasteiger partial charge in [0.05, 0.1) is 18.5 Å². The lowest BCUT2D eigenvalue weighted by molar-refractivity contribution is -0.121. The van der Waals surface area contributed by atoms with Crippen molar-refractivity contribution >= 4 is 32.4 Å². The summed E-state index contributed by atoms with van der Waals surface area (Å²) >= 11 is 0. The third kappa shape index (κ3) is 5.97. The van der Waals surface area contributed by atoms with Crippen LogP contribution in [0.2, 0.25) is 0 Å². The lowest BCUT2D eigenvalue weighted by atomic mass is 10.1. The van der Waals surface area contributed by atoms with E-state index >= 15 is 0 Å². The first-order valence-electron chi connectivity index (χ1n) is 9.85. The molecule has 0 bridgehead atoms. The smallest absolute Gasteiger partial charge is 0.232 e. The van der Waals surface area contributed by atoms with Gasteiger partial charge in [-0.15, -0.1) is 0 Å². The highest BCUT2D eigenvalue weighted by molar-refractivity contribution is 7.92. The largest absolute Gasteiger partial charge is 0.492 e. The Hall–Kier alpha value is -3.06. The molecule has 0 radical (unpaired) electrons. The molecule has 0 aliphatic heterocycles. The van der Waals surface area contributed by atoms with Gasteiger partial charge in [-0.3, -0.25) is 9.10 Å². The number of carbonyl (C=O) groups is 1. The second-order valence-corrected chi connectivity index (χ2v) is 8.86. The normalized spacial score (nSPS) is 11.2. The number of sulfonamides is 1. The number of benzene rings is 3. The van der Waals surface area contributed by atoms with Gasteiger partial charge in [-0.2, -0.15) is 0 Å². The van der Waals surface area contributed by atoms with Crippen LogP contribution in [0.3, 0.4) is 0 Å². The maximum absolute atomic E-state index is 12.4. The van der Waals surface area contributed by atoms with Crippen LogP contribution in [0.5, 0.6) is 5.75 Å². The SMILES string of the molecule is CS(=O)(=O)N(CCCC(=O)NCCOc1ccccc1)c1cccc2ccccc12. The second kappa shape index (κ2) is 10.1. The first kappa shape index (κ1) is 21.6. The van der Waals surface area contributed by atoms with Gasteiger partial charge in [0.15, 0.2) is 0 Å². The van der Waals surface area contributed by atoms with E-state index in [0.717, 1.165) is 16.5 Å². The topological polar surface area (TPSA) is 75.7 Å². The number of nitrogens with zero attached hydrogens (tertiary/aromatic N) is 1. The molecule has 0 unspecified atom stereocenters. The van der Waals surface area contributed by atoms with E-state index in [9.17, 15) is 13.2 Å². The number of hydrogen-bond acceptors (Lipinski definition) is 4. The lowest BCUT2D eigenvalue weighted by Gasteiger charge is -2.24. The van der Waals surface area contributed by atoms with Crippen LogP contribution < -0.4 is 14.4 Å². The van der Waals surface area contributed by atoms with Crippen molar-refractivity contribution in [3.05, 3.63) is 72.8 Å². The number of hydrogen-bond donors (Lipinski definition) is 1. The highest BCUT2D eigenvalue weighted by Crippen LogP contribution is 2.28. The predicted molar refractivity (Wildman–Crippen MR) is 120 cm³/mol. The molecule has 0 aromatic heterocycles. The van der Waals surface area contributed by atoms with Crippen molar-refractivity contribution in [1.29, 1.82) is 0 Å². The van der Waals surface area contributed by atoms with E-state index in [2.05, 4.69) is 5.32 Å². The lowest BCUT2D eigenvalue weighted by Crippen LogP contribution is -2.33. The highest BCUT2D eigenvalue weighted by atomic mass is 32.2. The van der Waals surface area contributed by atoms with Crippen LogP contribution in [0.4, 0.5) is 5.69 Å². The molecule has 158 valence electrons. The van der Waals surface area contributed by atoms with Crippen molar-refractivity contribution in [1.82, 2.24) is 5.32 Å². The van der Waals surface area contributed by atoms with Gasteiger partial charge in [0.1, 0.15) is 12.4 Å². The van der Waals surface area contributed by atoms with Gasteiger partial charge in [0, 0.05) is 18.4 Å². The summed E-state index contributed by atoms with van der Waals surface area (Å²) in [5.41, 5.74) is 0.632. The Morgan fingerprint density at radius 1 is 0.967 bits per heavy atom. The standard InChI is InChI=1S/C23H26N2O4S/c1-30(27,28)25(22-14-7-10-19-9-5-6-13-21(19)22)17-8-15-23(26)24-16-18-29-20-11-3-2-4-12-20/h2-7,9-14H,8,15-18H2,1H3,(H,24,26). The van der Waals surface area contributed by atoms with Gasteiger partial charge in [-0.25, -0.2) is 8.42 Å². The Morgan fingerprint density at radius 2 is 1.67 bits per heavy atom. The van der Waals surface area contributed by atoms with Crippen molar-refractivity contribution in [2.75, 3.05) is 30.3 Å². The average molecular weight is 427 g/mol. The number of ether oxygens (including phenoxy) is 1. The van der Waals surface area contributed by atoms with Crippen LogP contribution in [0.1, 0.15) is 12.8 Å². The van der Waals surface area contributed by atoms with Crippen molar-refractivity contribution in [3.63, 3.8) is 0 Å². The molecule has 3 rings (SSSR count). The van der Waals surface area contributed by atoms with Crippen molar-refractivity contribution < 1.29 is 17.9 Å². The van der Waals surface area contributed by atoms with Crippen LogP contribution in [-0.2, 0) is 14.8 Å². The zero-order valence-corrected chi connectivity index (χ0v) is 17.8. The number of fused-ring (bicyclic) bond motifs is 1. The van der Waals surface area contributed by atoms with E-state index in [-0.39, 0.29) is 18.9 Å². The van der Waals surface area contributed by atoms with E-state index in [1.807, 2.05) is 66.7 Å². The number of anilines is 1. The first-order chi connectivity index (χ1) is 14.4. The summed E-state index contributed by atoms with van der Waals surface area (Å²) in [6.45, 7) is 1.01. The Bertz CT molecular complexity index is 1080. The van der Waals surface area contributed by atoms with Crippen LogP contribution in [0.15, 0.2) is 72.8 Å². The molecule has 7 heteroatoms. The monoisotopic (exact) mass is 426 g/mol. The van der Waals surface area contributed by atoms with Gasteiger partial charge in [-0.1, -0.05) is 54.6 Å². The molecule has 1 amide bonds. The van der Waals surface area contributed by atoms with Crippen molar-refractivity contribution in [3.8, 4) is 5.75 Å². The minimum absolute atomic E-state index is 0.127. The van der Waals surface area contributed by atoms with Gasteiger partial charge in [0.25, 0.3) is 0 Å². The number of para-hydroxylation sites is 1. The molecule has 0 fully saturated rings. The molecule has 1 N–H and O–H groups in total. The maximum atomic E-state index is 12.4. The summed E-state index contributed by atoms with van der Waals surface area (Å²) in [5, 5.41) is 4.64. The zero-order chi connectivity index (χ0) is 21.4. The molecule has 0 aliphatic carbocycles. The third-order valence-corrected chi connectivity index (χ3v) is 5.82. The average Bonchev–Trinajstić information content (AvgIpc) is 2.74. The number of rotatable bonds is 10. The zero-order valence-electron chi connectivity index (χ0n) is 17.0.